The number of allylic oxidation sites excluding steroid dienone is 3. The molecular weight excluding hydrogens is 1130 g/mol. The highest BCUT2D eigenvalue weighted by atomic mass is 16.5. The van der Waals surface area contributed by atoms with Gasteiger partial charge in [0.25, 0.3) is 0 Å². The molecular formula is C86H167NO5. The van der Waals surface area contributed by atoms with E-state index in [1.54, 1.807) is 6.08 Å². The second-order valence-electron chi connectivity index (χ2n) is 29.5. The first-order valence-corrected chi connectivity index (χ1v) is 42.6. The van der Waals surface area contributed by atoms with Gasteiger partial charge in [0.15, 0.2) is 0 Å². The molecule has 0 saturated heterocycles. The van der Waals surface area contributed by atoms with E-state index in [9.17, 15) is 19.8 Å². The maximum absolute atomic E-state index is 12.6. The number of ether oxygens (including phenoxy) is 1. The van der Waals surface area contributed by atoms with Gasteiger partial charge in [-0.25, -0.2) is 0 Å². The van der Waals surface area contributed by atoms with Crippen LogP contribution in [0.5, 0.6) is 0 Å². The van der Waals surface area contributed by atoms with E-state index in [1.807, 2.05) is 6.08 Å². The summed E-state index contributed by atoms with van der Waals surface area (Å²) in [5.74, 6) is -0.0400. The van der Waals surface area contributed by atoms with Gasteiger partial charge >= 0.3 is 5.97 Å². The van der Waals surface area contributed by atoms with E-state index in [1.165, 1.54) is 417 Å². The first-order chi connectivity index (χ1) is 45.5. The molecule has 0 bridgehead atoms. The van der Waals surface area contributed by atoms with Gasteiger partial charge in [-0.1, -0.05) is 443 Å². The highest BCUT2D eigenvalue weighted by molar-refractivity contribution is 5.76. The Balaban J connectivity index is 3.32. The Morgan fingerprint density at radius 2 is 0.511 bits per heavy atom. The van der Waals surface area contributed by atoms with E-state index in [4.69, 9.17) is 4.74 Å². The number of nitrogens with one attached hydrogen (secondary N) is 1. The lowest BCUT2D eigenvalue weighted by molar-refractivity contribution is -0.143. The quantitative estimate of drug-likeness (QED) is 0.0320. The molecule has 1 amide bonds. The SMILES string of the molecule is CCCCCCCCC/C=C\CCCCCCCC(=O)OCCCCCCCCCCCCCCCCCCCCCCCCCCCCCCCCCCCCCCCC(=O)NC(CO)C(O)/C=C/CCCCCCCCCCCCCCCCCCCCCC. The Morgan fingerprint density at radius 1 is 0.293 bits per heavy atom. The highest BCUT2D eigenvalue weighted by Crippen LogP contribution is 2.21. The second-order valence-corrected chi connectivity index (χ2v) is 29.5. The number of hydrogen-bond donors (Lipinski definition) is 3. The standard InChI is InChI=1S/C86H167NO5/c1-3-5-7-9-11-13-15-17-19-21-22-23-41-44-47-50-54-58-62-66-70-74-78-84(89)83(82-88)87-85(90)79-75-71-67-63-59-55-51-48-45-42-39-37-35-33-31-29-27-25-24-26-28-30-32-34-36-38-40-43-46-49-53-57-61-65-69-73-77-81-92-86(91)80-76-72-68-64-60-56-52-20-18-16-14-12-10-8-6-4-2/h20,52,74,78,83-84,88-89H,3-19,21-51,53-73,75-77,79-82H2,1-2H3,(H,87,90)/b52-20-,78-74+. The Bertz CT molecular complexity index is 1450. The third-order valence-electron chi connectivity index (χ3n) is 20.2. The first kappa shape index (κ1) is 90.3. The van der Waals surface area contributed by atoms with Crippen LogP contribution < -0.4 is 5.32 Å². The molecule has 0 rings (SSSR count). The van der Waals surface area contributed by atoms with Gasteiger partial charge in [0.05, 0.1) is 25.4 Å². The van der Waals surface area contributed by atoms with Gasteiger partial charge in [0.1, 0.15) is 0 Å². The largest absolute Gasteiger partial charge is 0.466 e. The molecule has 6 heteroatoms. The van der Waals surface area contributed by atoms with Crippen LogP contribution in [0, 0.1) is 0 Å². The Labute approximate surface area is 577 Å². The number of carbonyl (C=O) groups is 2. The highest BCUT2D eigenvalue weighted by Gasteiger charge is 2.18. The minimum atomic E-state index is -0.841. The third-order valence-corrected chi connectivity index (χ3v) is 20.2. The van der Waals surface area contributed by atoms with Gasteiger partial charge < -0.3 is 20.3 Å². The number of aliphatic hydroxyl groups excluding tert-OH is 2. The molecule has 0 aliphatic rings. The lowest BCUT2D eigenvalue weighted by Crippen LogP contribution is -2.45. The van der Waals surface area contributed by atoms with Crippen LogP contribution in [0.1, 0.15) is 489 Å². The van der Waals surface area contributed by atoms with Crippen LogP contribution in [-0.4, -0.2) is 47.4 Å². The summed E-state index contributed by atoms with van der Waals surface area (Å²) < 4.78 is 5.51. The number of hydrogen-bond acceptors (Lipinski definition) is 5. The molecule has 2 atom stereocenters. The molecule has 0 radical (unpaired) electrons. The van der Waals surface area contributed by atoms with E-state index >= 15 is 0 Å². The molecule has 546 valence electrons. The van der Waals surface area contributed by atoms with Crippen LogP contribution in [-0.2, 0) is 14.3 Å². The molecule has 0 aromatic carbocycles. The van der Waals surface area contributed by atoms with Crippen molar-refractivity contribution >= 4 is 11.9 Å². The molecule has 0 aromatic heterocycles. The van der Waals surface area contributed by atoms with Gasteiger partial charge in [-0.05, 0) is 57.8 Å². The summed E-state index contributed by atoms with van der Waals surface area (Å²) in [6.07, 6.45) is 106. The topological polar surface area (TPSA) is 95.9 Å². The Morgan fingerprint density at radius 3 is 0.772 bits per heavy atom. The fourth-order valence-electron chi connectivity index (χ4n) is 13.8. The Kier molecular flexibility index (Phi) is 80.3. The number of esters is 1. The average Bonchev–Trinajstić information content (AvgIpc) is 3.61. The summed E-state index contributed by atoms with van der Waals surface area (Å²) in [5.41, 5.74) is 0. The molecule has 0 aliphatic heterocycles. The number of rotatable bonds is 81. The van der Waals surface area contributed by atoms with Gasteiger partial charge in [0.2, 0.25) is 5.91 Å². The summed E-state index contributed by atoms with van der Waals surface area (Å²) in [7, 11) is 0. The van der Waals surface area contributed by atoms with Crippen molar-refractivity contribution in [1.29, 1.82) is 0 Å². The zero-order valence-corrected chi connectivity index (χ0v) is 62.8. The van der Waals surface area contributed by atoms with Crippen molar-refractivity contribution in [2.24, 2.45) is 0 Å². The lowest BCUT2D eigenvalue weighted by Gasteiger charge is -2.20. The van der Waals surface area contributed by atoms with Crippen molar-refractivity contribution in [1.82, 2.24) is 5.32 Å². The summed E-state index contributed by atoms with van der Waals surface area (Å²) in [6, 6.07) is -0.624. The van der Waals surface area contributed by atoms with Crippen molar-refractivity contribution in [3.63, 3.8) is 0 Å². The van der Waals surface area contributed by atoms with Crippen LogP contribution in [0.3, 0.4) is 0 Å². The molecule has 0 spiro atoms. The van der Waals surface area contributed by atoms with Crippen molar-refractivity contribution < 1.29 is 24.5 Å². The van der Waals surface area contributed by atoms with Gasteiger partial charge in [-0.15, -0.1) is 0 Å². The number of carbonyl (C=O) groups excluding carboxylic acids is 2. The van der Waals surface area contributed by atoms with Crippen LogP contribution in [0.25, 0.3) is 0 Å². The molecule has 0 aliphatic carbocycles. The maximum atomic E-state index is 12.6. The van der Waals surface area contributed by atoms with Crippen molar-refractivity contribution in [3.8, 4) is 0 Å². The van der Waals surface area contributed by atoms with Crippen molar-refractivity contribution in [3.05, 3.63) is 24.3 Å². The average molecular weight is 1300 g/mol. The van der Waals surface area contributed by atoms with Gasteiger partial charge in [-0.3, -0.25) is 9.59 Å². The molecule has 0 saturated carbocycles. The zero-order chi connectivity index (χ0) is 66.3. The normalized spacial score (nSPS) is 12.5. The van der Waals surface area contributed by atoms with Crippen molar-refractivity contribution in [2.45, 2.75) is 501 Å². The summed E-state index contributed by atoms with van der Waals surface area (Å²) >= 11 is 0. The molecule has 3 N–H and O–H groups in total. The van der Waals surface area contributed by atoms with Gasteiger partial charge in [0, 0.05) is 12.8 Å². The van der Waals surface area contributed by atoms with Crippen LogP contribution in [0.15, 0.2) is 24.3 Å². The van der Waals surface area contributed by atoms with Crippen LogP contribution in [0.2, 0.25) is 0 Å². The summed E-state index contributed by atoms with van der Waals surface area (Å²) in [5, 5.41) is 23.3. The van der Waals surface area contributed by atoms with Crippen molar-refractivity contribution in [2.75, 3.05) is 13.2 Å². The monoisotopic (exact) mass is 1290 g/mol. The zero-order valence-electron chi connectivity index (χ0n) is 62.8. The molecule has 6 nitrogen and oxygen atoms in total. The fourth-order valence-corrected chi connectivity index (χ4v) is 13.8. The lowest BCUT2D eigenvalue weighted by atomic mass is 10.0. The van der Waals surface area contributed by atoms with E-state index in [0.29, 0.717) is 19.4 Å². The van der Waals surface area contributed by atoms with E-state index in [-0.39, 0.29) is 18.5 Å². The minimum Gasteiger partial charge on any atom is -0.466 e. The van der Waals surface area contributed by atoms with Gasteiger partial charge in [-0.2, -0.15) is 0 Å². The predicted molar refractivity (Wildman–Crippen MR) is 407 cm³/mol. The van der Waals surface area contributed by atoms with Crippen LogP contribution in [0.4, 0.5) is 0 Å². The maximum Gasteiger partial charge on any atom is 0.305 e. The van der Waals surface area contributed by atoms with E-state index in [2.05, 4.69) is 31.3 Å². The third kappa shape index (κ3) is 77.3. The number of amides is 1. The number of aliphatic hydroxyl groups is 2. The molecule has 0 heterocycles. The minimum absolute atomic E-state index is 0.0169. The molecule has 2 unspecified atom stereocenters. The van der Waals surface area contributed by atoms with Crippen LogP contribution >= 0.6 is 0 Å². The summed E-state index contributed by atoms with van der Waals surface area (Å²) in [6.45, 7) is 4.96. The predicted octanol–water partition coefficient (Wildman–Crippen LogP) is 28.4. The molecule has 0 aromatic rings. The van der Waals surface area contributed by atoms with E-state index in [0.717, 1.165) is 44.9 Å². The Hall–Kier alpha value is -1.66. The summed E-state index contributed by atoms with van der Waals surface area (Å²) in [4.78, 5) is 24.7. The second kappa shape index (κ2) is 81.8. The first-order valence-electron chi connectivity index (χ1n) is 42.6. The number of unbranched alkanes of at least 4 members (excludes halogenated alkanes) is 68. The molecule has 92 heavy (non-hydrogen) atoms. The molecule has 0 fully saturated rings. The smallest absolute Gasteiger partial charge is 0.305 e. The fraction of sp³-hybridized carbons (Fsp3) is 0.930. The van der Waals surface area contributed by atoms with E-state index < -0.39 is 12.1 Å².